The molecule has 0 saturated carbocycles. The first-order chi connectivity index (χ1) is 14.4. The van der Waals surface area contributed by atoms with Gasteiger partial charge in [0.25, 0.3) is 5.91 Å². The van der Waals surface area contributed by atoms with Gasteiger partial charge in [0, 0.05) is 12.3 Å². The van der Waals surface area contributed by atoms with Crippen LogP contribution < -0.4 is 10.5 Å². The molecular formula is C23H29N3O5. The first kappa shape index (κ1) is 22.6. The number of ether oxygens (including phenoxy) is 3. The Morgan fingerprint density at radius 3 is 2.48 bits per heavy atom. The number of aromatic nitrogens is 1. The van der Waals surface area contributed by atoms with Gasteiger partial charge in [-0.1, -0.05) is 12.1 Å². The van der Waals surface area contributed by atoms with Gasteiger partial charge in [-0.2, -0.15) is 0 Å². The Bertz CT molecular complexity index is 950. The number of nitrogens with two attached hydrogens (primary N) is 1. The summed E-state index contributed by atoms with van der Waals surface area (Å²) in [6.07, 6.45) is 1.70. The average Bonchev–Trinajstić information content (AvgIpc) is 2.96. The fourth-order valence-corrected chi connectivity index (χ4v) is 3.43. The van der Waals surface area contributed by atoms with Crippen LogP contribution in [0, 0.1) is 0 Å². The molecule has 3 rings (SSSR count). The minimum absolute atomic E-state index is 0.139. The van der Waals surface area contributed by atoms with Crippen molar-refractivity contribution >= 4 is 12.0 Å². The molecule has 0 spiro atoms. The lowest BCUT2D eigenvalue weighted by atomic mass is 10.0. The zero-order chi connectivity index (χ0) is 22.8. The number of pyridine rings is 1. The van der Waals surface area contributed by atoms with Crippen molar-refractivity contribution in [3.63, 3.8) is 0 Å². The number of hydrogen-bond acceptors (Lipinski definition) is 6. The molecule has 1 unspecified atom stereocenters. The number of carbonyl (C=O) groups is 2. The summed E-state index contributed by atoms with van der Waals surface area (Å²) in [5, 5.41) is 0. The molecule has 1 aromatic carbocycles. The Labute approximate surface area is 182 Å². The molecule has 8 heteroatoms. The Morgan fingerprint density at radius 1 is 1.19 bits per heavy atom. The highest BCUT2D eigenvalue weighted by atomic mass is 16.6. The van der Waals surface area contributed by atoms with Gasteiger partial charge in [-0.25, -0.2) is 4.79 Å². The second-order valence-electron chi connectivity index (χ2n) is 8.95. The molecule has 8 nitrogen and oxygen atoms in total. The molecule has 1 aromatic heterocycles. The lowest BCUT2D eigenvalue weighted by Crippen LogP contribution is -2.50. The summed E-state index contributed by atoms with van der Waals surface area (Å²) in [5.41, 5.74) is 5.10. The van der Waals surface area contributed by atoms with Crippen LogP contribution in [-0.2, 0) is 15.9 Å². The number of rotatable bonds is 5. The first-order valence-corrected chi connectivity index (χ1v) is 10.1. The summed E-state index contributed by atoms with van der Waals surface area (Å²) in [6, 6.07) is 10.5. The zero-order valence-electron chi connectivity index (χ0n) is 18.5. The molecule has 2 heterocycles. The van der Waals surface area contributed by atoms with E-state index in [1.165, 1.54) is 12.3 Å². The number of hydrogen-bond donors (Lipinski definition) is 1. The summed E-state index contributed by atoms with van der Waals surface area (Å²) in [5.74, 6) is 0.466. The molecule has 0 aliphatic carbocycles. The van der Waals surface area contributed by atoms with E-state index in [1.807, 2.05) is 58.9 Å². The molecule has 2 amide bonds. The summed E-state index contributed by atoms with van der Waals surface area (Å²) in [7, 11) is 0. The minimum atomic E-state index is -0.741. The smallest absolute Gasteiger partial charge is 0.412 e. The molecule has 0 bridgehead atoms. The predicted molar refractivity (Wildman–Crippen MR) is 115 cm³/mol. The van der Waals surface area contributed by atoms with Crippen LogP contribution in [0.1, 0.15) is 50.7 Å². The highest BCUT2D eigenvalue weighted by molar-refractivity contribution is 5.91. The van der Waals surface area contributed by atoms with E-state index >= 15 is 0 Å². The van der Waals surface area contributed by atoms with Crippen LogP contribution >= 0.6 is 0 Å². The fraction of sp³-hybridized carbons (Fsp3) is 0.435. The van der Waals surface area contributed by atoms with Crippen LogP contribution in [0.2, 0.25) is 0 Å². The molecule has 0 radical (unpaired) electrons. The van der Waals surface area contributed by atoms with E-state index in [1.54, 1.807) is 11.0 Å². The number of benzene rings is 1. The molecule has 1 aliphatic rings. The Morgan fingerprint density at radius 2 is 1.87 bits per heavy atom. The highest BCUT2D eigenvalue weighted by Gasteiger charge is 2.45. The lowest BCUT2D eigenvalue weighted by molar-refractivity contribution is -0.0624. The van der Waals surface area contributed by atoms with Gasteiger partial charge in [-0.05, 0) is 64.8 Å². The Kier molecular flexibility index (Phi) is 6.22. The van der Waals surface area contributed by atoms with Crippen LogP contribution in [0.4, 0.5) is 4.79 Å². The van der Waals surface area contributed by atoms with E-state index in [0.29, 0.717) is 24.5 Å². The van der Waals surface area contributed by atoms with Crippen molar-refractivity contribution in [1.82, 2.24) is 9.88 Å². The number of primary amides is 1. The van der Waals surface area contributed by atoms with E-state index in [9.17, 15) is 9.59 Å². The summed E-state index contributed by atoms with van der Waals surface area (Å²) in [4.78, 5) is 29.6. The third-order valence-corrected chi connectivity index (χ3v) is 4.78. The first-order valence-electron chi connectivity index (χ1n) is 10.1. The van der Waals surface area contributed by atoms with Gasteiger partial charge in [-0.15, -0.1) is 0 Å². The van der Waals surface area contributed by atoms with Gasteiger partial charge in [0.1, 0.15) is 28.5 Å². The molecule has 1 aliphatic heterocycles. The molecular weight excluding hydrogens is 398 g/mol. The van der Waals surface area contributed by atoms with E-state index in [0.717, 1.165) is 5.56 Å². The molecule has 2 aromatic rings. The van der Waals surface area contributed by atoms with Crippen molar-refractivity contribution < 1.29 is 23.8 Å². The van der Waals surface area contributed by atoms with E-state index in [4.69, 9.17) is 19.9 Å². The van der Waals surface area contributed by atoms with Crippen LogP contribution in [0.15, 0.2) is 42.6 Å². The fourth-order valence-electron chi connectivity index (χ4n) is 3.43. The van der Waals surface area contributed by atoms with E-state index < -0.39 is 17.2 Å². The molecule has 1 atom stereocenters. The summed E-state index contributed by atoms with van der Waals surface area (Å²) < 4.78 is 17.2. The van der Waals surface area contributed by atoms with Crippen molar-refractivity contribution in [1.29, 1.82) is 0 Å². The standard InChI is InChI=1S/C23H29N3O5/c1-22(2,3)31-21(28)26-16(14-29-23(26,4)5)12-15-6-8-17(9-7-15)30-18-10-11-25-19(13-18)20(24)27/h6-11,13,16H,12,14H2,1-5H3,(H2,24,27). The summed E-state index contributed by atoms with van der Waals surface area (Å²) >= 11 is 0. The number of carbonyl (C=O) groups excluding carboxylic acids is 2. The van der Waals surface area contributed by atoms with Gasteiger partial charge in [0.2, 0.25) is 0 Å². The maximum absolute atomic E-state index is 12.8. The minimum Gasteiger partial charge on any atom is -0.457 e. The largest absolute Gasteiger partial charge is 0.457 e. The topological polar surface area (TPSA) is 104 Å². The molecule has 1 saturated heterocycles. The predicted octanol–water partition coefficient (Wildman–Crippen LogP) is 3.89. The monoisotopic (exact) mass is 427 g/mol. The second kappa shape index (κ2) is 8.55. The van der Waals surface area contributed by atoms with Crippen LogP contribution in [-0.4, -0.2) is 45.9 Å². The van der Waals surface area contributed by atoms with Crippen molar-refractivity contribution in [2.24, 2.45) is 5.73 Å². The average molecular weight is 428 g/mol. The van der Waals surface area contributed by atoms with Crippen LogP contribution in [0.3, 0.4) is 0 Å². The van der Waals surface area contributed by atoms with Crippen LogP contribution in [0.5, 0.6) is 11.5 Å². The van der Waals surface area contributed by atoms with Gasteiger partial charge in [0.15, 0.2) is 0 Å². The van der Waals surface area contributed by atoms with Gasteiger partial charge in [-0.3, -0.25) is 14.7 Å². The van der Waals surface area contributed by atoms with Crippen LogP contribution in [0.25, 0.3) is 0 Å². The van der Waals surface area contributed by atoms with Crippen molar-refractivity contribution in [3.8, 4) is 11.5 Å². The number of nitrogens with zero attached hydrogens (tertiary/aromatic N) is 2. The number of amides is 2. The highest BCUT2D eigenvalue weighted by Crippen LogP contribution is 2.31. The maximum atomic E-state index is 12.8. The summed E-state index contributed by atoms with van der Waals surface area (Å²) in [6.45, 7) is 9.69. The SMILES string of the molecule is CC(C)(C)OC(=O)N1C(Cc2ccc(Oc3ccnc(C(N)=O)c3)cc2)COC1(C)C. The van der Waals surface area contributed by atoms with Crippen molar-refractivity contribution in [2.75, 3.05) is 6.61 Å². The van der Waals surface area contributed by atoms with Gasteiger partial charge < -0.3 is 19.9 Å². The van der Waals surface area contributed by atoms with Crippen molar-refractivity contribution in [2.45, 2.75) is 58.4 Å². The Hall–Kier alpha value is -3.13. The van der Waals surface area contributed by atoms with Gasteiger partial charge in [0.05, 0.1) is 12.6 Å². The quantitative estimate of drug-likeness (QED) is 0.776. The molecule has 31 heavy (non-hydrogen) atoms. The third-order valence-electron chi connectivity index (χ3n) is 4.78. The lowest BCUT2D eigenvalue weighted by Gasteiger charge is -2.35. The molecule has 2 N–H and O–H groups in total. The zero-order valence-corrected chi connectivity index (χ0v) is 18.5. The normalized spacial score (nSPS) is 18.0. The van der Waals surface area contributed by atoms with Crippen molar-refractivity contribution in [3.05, 3.63) is 53.9 Å². The third kappa shape index (κ3) is 5.73. The molecule has 166 valence electrons. The van der Waals surface area contributed by atoms with E-state index in [-0.39, 0.29) is 17.8 Å². The van der Waals surface area contributed by atoms with E-state index in [2.05, 4.69) is 4.98 Å². The maximum Gasteiger partial charge on any atom is 0.412 e. The van der Waals surface area contributed by atoms with Gasteiger partial charge >= 0.3 is 6.09 Å². The molecule has 1 fully saturated rings. The Balaban J connectivity index is 1.69. The second-order valence-corrected chi connectivity index (χ2v) is 8.95.